The Balaban J connectivity index is 0.00000481. The summed E-state index contributed by atoms with van der Waals surface area (Å²) in [5, 5.41) is 30.9. The van der Waals surface area contributed by atoms with Crippen LogP contribution < -0.4 is 45.2 Å². The molecule has 190 valence electrons. The van der Waals surface area contributed by atoms with Crippen molar-refractivity contribution in [3.8, 4) is 11.3 Å². The van der Waals surface area contributed by atoms with Crippen LogP contribution in [0, 0.1) is 5.82 Å². The molecule has 0 saturated heterocycles. The van der Waals surface area contributed by atoms with Gasteiger partial charge in [0.2, 0.25) is 0 Å². The third kappa shape index (κ3) is 8.62. The number of rotatable bonds is 11. The number of aliphatic carboxylic acids is 1. The van der Waals surface area contributed by atoms with Gasteiger partial charge >= 0.3 is 35.2 Å². The van der Waals surface area contributed by atoms with Gasteiger partial charge in [0.05, 0.1) is 17.9 Å². The van der Waals surface area contributed by atoms with E-state index < -0.39 is 36.1 Å². The average Bonchev–Trinajstić information content (AvgIpc) is 2.82. The molecular formula is C27H28FN2NaO6. The second-order valence-electron chi connectivity index (χ2n) is 8.65. The number of hydrogen-bond donors (Lipinski definition) is 2. The van der Waals surface area contributed by atoms with E-state index in [1.165, 1.54) is 30.3 Å². The van der Waals surface area contributed by atoms with Gasteiger partial charge in [-0.05, 0) is 35.7 Å². The zero-order valence-corrected chi connectivity index (χ0v) is 23.0. The Hall–Kier alpha value is -2.82. The Morgan fingerprint density at radius 3 is 2.38 bits per heavy atom. The van der Waals surface area contributed by atoms with Crippen LogP contribution in [-0.2, 0) is 11.4 Å². The molecule has 0 spiro atoms. The van der Waals surface area contributed by atoms with Gasteiger partial charge in [0.15, 0.2) is 0 Å². The number of carbonyl (C=O) groups excluding carboxylic acids is 1. The minimum atomic E-state index is -1.42. The molecule has 0 aliphatic rings. The van der Waals surface area contributed by atoms with E-state index in [4.69, 9.17) is 4.84 Å². The molecule has 0 bridgehead atoms. The van der Waals surface area contributed by atoms with Crippen LogP contribution in [0.15, 0.2) is 65.5 Å². The molecule has 0 fully saturated rings. The van der Waals surface area contributed by atoms with Crippen LogP contribution in [0.3, 0.4) is 0 Å². The summed E-state index contributed by atoms with van der Waals surface area (Å²) in [6.07, 6.45) is -0.406. The van der Waals surface area contributed by atoms with E-state index in [0.717, 1.165) is 10.3 Å². The maximum Gasteiger partial charge on any atom is 1.00 e. The number of aliphatic hydroxyl groups excluding tert-OH is 2. The van der Waals surface area contributed by atoms with Crippen LogP contribution in [0.25, 0.3) is 17.3 Å². The number of benzene rings is 2. The van der Waals surface area contributed by atoms with Crippen molar-refractivity contribution >= 4 is 12.0 Å². The molecule has 2 N–H and O–H groups in total. The maximum atomic E-state index is 13.7. The Morgan fingerprint density at radius 2 is 1.78 bits per heavy atom. The van der Waals surface area contributed by atoms with Crippen LogP contribution in [0.4, 0.5) is 4.39 Å². The number of carboxylic acids is 1. The fourth-order valence-corrected chi connectivity index (χ4v) is 3.69. The van der Waals surface area contributed by atoms with E-state index in [0.29, 0.717) is 22.5 Å². The normalized spacial score (nSPS) is 12.8. The molecule has 0 unspecified atom stereocenters. The second kappa shape index (κ2) is 14.2. The molecule has 3 rings (SSSR count). The Kier molecular flexibility index (Phi) is 11.7. The van der Waals surface area contributed by atoms with Gasteiger partial charge in [0.1, 0.15) is 18.1 Å². The first-order valence-electron chi connectivity index (χ1n) is 11.5. The number of nitrogens with zero attached hydrogens (tertiary/aromatic N) is 2. The third-order valence-electron chi connectivity index (χ3n) is 5.39. The van der Waals surface area contributed by atoms with Crippen molar-refractivity contribution in [2.45, 2.75) is 51.4 Å². The van der Waals surface area contributed by atoms with Gasteiger partial charge in [0, 0.05) is 29.9 Å². The molecule has 0 radical (unpaired) electrons. The molecule has 0 aliphatic carbocycles. The standard InChI is InChI=1S/C27H29FN2O6.Na/c1-17(2)25-23(13-12-21(31)14-22(32)15-24(33)34)26(19-8-10-20(28)11-9-19)30(27(35)29-25)36-16-18-6-4-3-5-7-18;/h3-13,17,21-22,31-32H,14-16H2,1-2H3,(H,33,34);/q;+1/p-1/b13-12+;/t21-,22-;/m1./s1. The summed E-state index contributed by atoms with van der Waals surface area (Å²) in [6.45, 7) is 3.77. The molecular weight excluding hydrogens is 490 g/mol. The first-order valence-corrected chi connectivity index (χ1v) is 11.5. The van der Waals surface area contributed by atoms with Crippen LogP contribution in [0.1, 0.15) is 49.4 Å². The summed E-state index contributed by atoms with van der Waals surface area (Å²) in [7, 11) is 0. The van der Waals surface area contributed by atoms with Gasteiger partial charge in [-0.2, -0.15) is 4.98 Å². The minimum Gasteiger partial charge on any atom is -0.550 e. The van der Waals surface area contributed by atoms with E-state index in [1.54, 1.807) is 6.08 Å². The summed E-state index contributed by atoms with van der Waals surface area (Å²) >= 11 is 0. The van der Waals surface area contributed by atoms with Crippen LogP contribution in [0.2, 0.25) is 0 Å². The van der Waals surface area contributed by atoms with Crippen molar-refractivity contribution in [3.05, 3.63) is 93.8 Å². The Bertz CT molecular complexity index is 1260. The summed E-state index contributed by atoms with van der Waals surface area (Å²) in [5.41, 5.74) is 1.84. The second-order valence-corrected chi connectivity index (χ2v) is 8.65. The van der Waals surface area contributed by atoms with Gasteiger partial charge in [-0.25, -0.2) is 9.18 Å². The first kappa shape index (κ1) is 30.4. The van der Waals surface area contributed by atoms with E-state index >= 15 is 0 Å². The summed E-state index contributed by atoms with van der Waals surface area (Å²) < 4.78 is 14.7. The van der Waals surface area contributed by atoms with Crippen LogP contribution in [-0.4, -0.2) is 38.1 Å². The molecule has 37 heavy (non-hydrogen) atoms. The zero-order valence-electron chi connectivity index (χ0n) is 21.0. The minimum absolute atomic E-state index is 0. The fraction of sp³-hybridized carbons (Fsp3) is 0.296. The van der Waals surface area contributed by atoms with E-state index in [9.17, 15) is 29.3 Å². The number of carboxylic acid groups (broad SMARTS) is 1. The molecule has 2 atom stereocenters. The summed E-state index contributed by atoms with van der Waals surface area (Å²) in [4.78, 5) is 33.8. The maximum absolute atomic E-state index is 13.7. The quantitative estimate of drug-likeness (QED) is 0.314. The van der Waals surface area contributed by atoms with Crippen molar-refractivity contribution < 1.29 is 58.9 Å². The predicted molar refractivity (Wildman–Crippen MR) is 130 cm³/mol. The van der Waals surface area contributed by atoms with Crippen LogP contribution >= 0.6 is 0 Å². The zero-order chi connectivity index (χ0) is 26.2. The first-order chi connectivity index (χ1) is 17.2. The van der Waals surface area contributed by atoms with Crippen molar-refractivity contribution in [3.63, 3.8) is 0 Å². The fourth-order valence-electron chi connectivity index (χ4n) is 3.69. The number of hydrogen-bond acceptors (Lipinski definition) is 7. The topological polar surface area (TPSA) is 125 Å². The predicted octanol–water partition coefficient (Wildman–Crippen LogP) is -0.929. The van der Waals surface area contributed by atoms with Gasteiger partial charge in [-0.1, -0.05) is 56.3 Å². The van der Waals surface area contributed by atoms with Gasteiger partial charge in [-0.3, -0.25) is 0 Å². The average molecular weight is 519 g/mol. The van der Waals surface area contributed by atoms with E-state index in [1.807, 2.05) is 44.2 Å². The summed E-state index contributed by atoms with van der Waals surface area (Å²) in [6, 6.07) is 14.8. The molecule has 0 saturated carbocycles. The SMILES string of the molecule is CC(C)c1nc(=O)n(OCc2ccccc2)c(-c2ccc(F)cc2)c1/C=C/[C@@H](O)C[C@@H](O)CC(=O)[O-].[Na+]. The molecule has 0 aliphatic heterocycles. The van der Waals surface area contributed by atoms with Gasteiger partial charge < -0.3 is 25.0 Å². The number of carbonyl (C=O) groups is 1. The Labute approximate surface area is 236 Å². The third-order valence-corrected chi connectivity index (χ3v) is 5.39. The van der Waals surface area contributed by atoms with Crippen molar-refractivity contribution in [1.29, 1.82) is 0 Å². The number of aromatic nitrogens is 2. The van der Waals surface area contributed by atoms with Crippen molar-refractivity contribution in [2.24, 2.45) is 0 Å². The van der Waals surface area contributed by atoms with E-state index in [-0.39, 0.29) is 48.5 Å². The summed E-state index contributed by atoms with van der Waals surface area (Å²) in [5.74, 6) is -2.07. The van der Waals surface area contributed by atoms with Gasteiger partial charge in [0.25, 0.3) is 0 Å². The van der Waals surface area contributed by atoms with Crippen molar-refractivity contribution in [2.75, 3.05) is 0 Å². The smallest absolute Gasteiger partial charge is 0.550 e. The molecule has 10 heteroatoms. The molecule has 8 nitrogen and oxygen atoms in total. The largest absolute Gasteiger partial charge is 1.00 e. The molecule has 1 heterocycles. The monoisotopic (exact) mass is 518 g/mol. The van der Waals surface area contributed by atoms with Crippen molar-refractivity contribution in [1.82, 2.24) is 9.71 Å². The van der Waals surface area contributed by atoms with E-state index in [2.05, 4.69) is 4.98 Å². The number of halogens is 1. The molecule has 3 aromatic rings. The molecule has 1 aromatic heterocycles. The van der Waals surface area contributed by atoms with Gasteiger partial charge in [-0.15, -0.1) is 4.73 Å². The Morgan fingerprint density at radius 1 is 1.14 bits per heavy atom. The number of aliphatic hydroxyl groups is 2. The molecule has 0 amide bonds. The molecule has 2 aromatic carbocycles. The van der Waals surface area contributed by atoms with Crippen LogP contribution in [0.5, 0.6) is 0 Å².